The van der Waals surface area contributed by atoms with E-state index in [-0.39, 0.29) is 11.6 Å². The molecule has 0 aliphatic rings. The lowest BCUT2D eigenvalue weighted by Crippen LogP contribution is -2.15. The van der Waals surface area contributed by atoms with E-state index in [1.807, 2.05) is 6.07 Å². The summed E-state index contributed by atoms with van der Waals surface area (Å²) >= 11 is 0. The predicted molar refractivity (Wildman–Crippen MR) is 84.5 cm³/mol. The van der Waals surface area contributed by atoms with Gasteiger partial charge in [-0.2, -0.15) is 5.26 Å². The van der Waals surface area contributed by atoms with Crippen LogP contribution in [0.1, 0.15) is 29.9 Å². The van der Waals surface area contributed by atoms with Crippen LogP contribution in [0.5, 0.6) is 0 Å². The molecule has 0 saturated heterocycles. The van der Waals surface area contributed by atoms with E-state index in [1.54, 1.807) is 24.3 Å². The van der Waals surface area contributed by atoms with Crippen LogP contribution < -0.4 is 10.6 Å². The lowest BCUT2D eigenvalue weighted by atomic mass is 10.2. The first-order chi connectivity index (χ1) is 10.6. The fraction of sp³-hybridized carbons (Fsp3) is 0.250. The van der Waals surface area contributed by atoms with Crippen LogP contribution in [0.25, 0.3) is 0 Å². The molecule has 0 fully saturated rings. The topological polar surface area (TPSA) is 90.7 Å². The minimum Gasteiger partial charge on any atom is -0.369 e. The number of anilines is 2. The molecule has 0 atom stereocenters. The molecule has 0 unspecified atom stereocenters. The summed E-state index contributed by atoms with van der Waals surface area (Å²) in [7, 11) is 0. The van der Waals surface area contributed by atoms with Gasteiger partial charge in [0.2, 0.25) is 0 Å². The van der Waals surface area contributed by atoms with Gasteiger partial charge in [-0.3, -0.25) is 4.79 Å². The van der Waals surface area contributed by atoms with Crippen molar-refractivity contribution in [3.8, 4) is 6.07 Å². The molecule has 6 nitrogen and oxygen atoms in total. The number of hydrogen-bond acceptors (Lipinski definition) is 5. The van der Waals surface area contributed by atoms with Gasteiger partial charge in [0.15, 0.2) is 0 Å². The van der Waals surface area contributed by atoms with Crippen LogP contribution in [-0.4, -0.2) is 22.4 Å². The Kier molecular flexibility index (Phi) is 5.04. The summed E-state index contributed by atoms with van der Waals surface area (Å²) < 4.78 is 0. The van der Waals surface area contributed by atoms with Crippen LogP contribution in [0.2, 0.25) is 0 Å². The first kappa shape index (κ1) is 15.4. The van der Waals surface area contributed by atoms with Crippen molar-refractivity contribution in [1.82, 2.24) is 9.97 Å². The molecule has 2 aromatic rings. The smallest absolute Gasteiger partial charge is 0.275 e. The Bertz CT molecular complexity index is 671. The SMILES string of the molecule is CC(C)CNc1cnc(C(=O)Nc2ccc(C#N)cc2)cn1. The third-order valence-corrected chi connectivity index (χ3v) is 2.85. The summed E-state index contributed by atoms with van der Waals surface area (Å²) in [5, 5.41) is 14.6. The number of rotatable bonds is 5. The van der Waals surface area contributed by atoms with E-state index in [9.17, 15) is 4.79 Å². The van der Waals surface area contributed by atoms with Gasteiger partial charge in [-0.25, -0.2) is 9.97 Å². The summed E-state index contributed by atoms with van der Waals surface area (Å²) in [5.41, 5.74) is 1.38. The van der Waals surface area contributed by atoms with Crippen LogP contribution in [0.15, 0.2) is 36.7 Å². The second-order valence-corrected chi connectivity index (χ2v) is 5.20. The first-order valence-corrected chi connectivity index (χ1v) is 6.96. The number of hydrogen-bond donors (Lipinski definition) is 2. The Labute approximate surface area is 129 Å². The zero-order valence-corrected chi connectivity index (χ0v) is 12.5. The number of carbonyl (C=O) groups excluding carboxylic acids is 1. The summed E-state index contributed by atoms with van der Waals surface area (Å²) in [4.78, 5) is 20.3. The van der Waals surface area contributed by atoms with E-state index in [4.69, 9.17) is 5.26 Å². The van der Waals surface area contributed by atoms with E-state index < -0.39 is 0 Å². The van der Waals surface area contributed by atoms with Crippen LogP contribution in [0.4, 0.5) is 11.5 Å². The molecule has 1 amide bonds. The van der Waals surface area contributed by atoms with Crippen LogP contribution >= 0.6 is 0 Å². The maximum atomic E-state index is 12.0. The fourth-order valence-corrected chi connectivity index (χ4v) is 1.67. The van der Waals surface area contributed by atoms with E-state index in [0.29, 0.717) is 23.0 Å². The molecule has 0 saturated carbocycles. The van der Waals surface area contributed by atoms with Crippen LogP contribution in [-0.2, 0) is 0 Å². The Balaban J connectivity index is 1.98. The number of benzene rings is 1. The van der Waals surface area contributed by atoms with Crippen LogP contribution in [0, 0.1) is 17.2 Å². The van der Waals surface area contributed by atoms with Gasteiger partial charge < -0.3 is 10.6 Å². The number of nitriles is 1. The van der Waals surface area contributed by atoms with Gasteiger partial charge in [0.1, 0.15) is 11.5 Å². The normalized spacial score (nSPS) is 10.1. The number of aromatic nitrogens is 2. The average Bonchev–Trinajstić information content (AvgIpc) is 2.54. The summed E-state index contributed by atoms with van der Waals surface area (Å²) in [6.45, 7) is 4.99. The Morgan fingerprint density at radius 2 is 1.95 bits per heavy atom. The second-order valence-electron chi connectivity index (χ2n) is 5.20. The Morgan fingerprint density at radius 3 is 2.50 bits per heavy atom. The van der Waals surface area contributed by atoms with E-state index in [1.165, 1.54) is 12.4 Å². The lowest BCUT2D eigenvalue weighted by Gasteiger charge is -2.08. The molecule has 6 heteroatoms. The third kappa shape index (κ3) is 4.28. The molecule has 0 spiro atoms. The van der Waals surface area contributed by atoms with Crippen molar-refractivity contribution in [3.05, 3.63) is 47.9 Å². The summed E-state index contributed by atoms with van der Waals surface area (Å²) in [5.74, 6) is 0.803. The Morgan fingerprint density at radius 1 is 1.23 bits per heavy atom. The monoisotopic (exact) mass is 295 g/mol. The lowest BCUT2D eigenvalue weighted by molar-refractivity contribution is 0.102. The van der Waals surface area contributed by atoms with Gasteiger partial charge in [0.25, 0.3) is 5.91 Å². The molecule has 22 heavy (non-hydrogen) atoms. The number of carbonyl (C=O) groups is 1. The van der Waals surface area contributed by atoms with E-state index >= 15 is 0 Å². The zero-order valence-electron chi connectivity index (χ0n) is 12.5. The van der Waals surface area contributed by atoms with E-state index in [0.717, 1.165) is 6.54 Å². The molecule has 0 aliphatic carbocycles. The number of amides is 1. The molecule has 0 bridgehead atoms. The minimum absolute atomic E-state index is 0.236. The van der Waals surface area contributed by atoms with Crippen molar-refractivity contribution in [3.63, 3.8) is 0 Å². The van der Waals surface area contributed by atoms with Crippen molar-refractivity contribution in [2.24, 2.45) is 5.92 Å². The highest BCUT2D eigenvalue weighted by atomic mass is 16.1. The van der Waals surface area contributed by atoms with Gasteiger partial charge in [0.05, 0.1) is 24.0 Å². The third-order valence-electron chi connectivity index (χ3n) is 2.85. The predicted octanol–water partition coefficient (Wildman–Crippen LogP) is 2.67. The molecule has 1 aromatic heterocycles. The van der Waals surface area contributed by atoms with Gasteiger partial charge in [0, 0.05) is 12.2 Å². The molecular formula is C16H17N5O. The quantitative estimate of drug-likeness (QED) is 0.885. The fourth-order valence-electron chi connectivity index (χ4n) is 1.67. The van der Waals surface area contributed by atoms with Gasteiger partial charge in [-0.1, -0.05) is 13.8 Å². The highest BCUT2D eigenvalue weighted by Crippen LogP contribution is 2.10. The number of nitrogens with zero attached hydrogens (tertiary/aromatic N) is 3. The average molecular weight is 295 g/mol. The van der Waals surface area contributed by atoms with Gasteiger partial charge in [-0.05, 0) is 30.2 Å². The second kappa shape index (κ2) is 7.18. The molecule has 0 aliphatic heterocycles. The molecular weight excluding hydrogens is 278 g/mol. The molecule has 2 rings (SSSR count). The largest absolute Gasteiger partial charge is 0.369 e. The Hall–Kier alpha value is -2.94. The molecule has 112 valence electrons. The molecule has 1 heterocycles. The molecule has 0 radical (unpaired) electrons. The van der Waals surface area contributed by atoms with Crippen molar-refractivity contribution in [2.45, 2.75) is 13.8 Å². The van der Waals surface area contributed by atoms with Gasteiger partial charge in [-0.15, -0.1) is 0 Å². The first-order valence-electron chi connectivity index (χ1n) is 6.96. The summed E-state index contributed by atoms with van der Waals surface area (Å²) in [6, 6.07) is 8.64. The number of nitrogens with one attached hydrogen (secondary N) is 2. The van der Waals surface area contributed by atoms with Crippen molar-refractivity contribution < 1.29 is 4.79 Å². The zero-order chi connectivity index (χ0) is 15.9. The highest BCUT2D eigenvalue weighted by molar-refractivity contribution is 6.02. The van der Waals surface area contributed by atoms with Crippen LogP contribution in [0.3, 0.4) is 0 Å². The van der Waals surface area contributed by atoms with Crippen molar-refractivity contribution >= 4 is 17.4 Å². The minimum atomic E-state index is -0.340. The standard InChI is InChI=1S/C16H17N5O/c1-11(2)8-19-15-10-18-14(9-20-15)16(22)21-13-5-3-12(7-17)4-6-13/h3-6,9-11H,8H2,1-2H3,(H,19,20)(H,21,22). The maximum absolute atomic E-state index is 12.0. The highest BCUT2D eigenvalue weighted by Gasteiger charge is 2.08. The molecule has 2 N–H and O–H groups in total. The van der Waals surface area contributed by atoms with Gasteiger partial charge >= 0.3 is 0 Å². The summed E-state index contributed by atoms with van der Waals surface area (Å²) in [6.07, 6.45) is 2.97. The van der Waals surface area contributed by atoms with Crippen molar-refractivity contribution in [2.75, 3.05) is 17.2 Å². The van der Waals surface area contributed by atoms with E-state index in [2.05, 4.69) is 34.4 Å². The molecule has 1 aromatic carbocycles. The maximum Gasteiger partial charge on any atom is 0.275 e. The van der Waals surface area contributed by atoms with Crippen molar-refractivity contribution in [1.29, 1.82) is 5.26 Å².